The van der Waals surface area contributed by atoms with E-state index in [0.29, 0.717) is 25.1 Å². The summed E-state index contributed by atoms with van der Waals surface area (Å²) in [6.07, 6.45) is 0.574. The largest absolute Gasteiger partial charge is 0.411 e. The van der Waals surface area contributed by atoms with Crippen molar-refractivity contribution in [3.05, 3.63) is 35.6 Å². The maximum absolute atomic E-state index is 12.8. The Morgan fingerprint density at radius 1 is 1.44 bits per heavy atom. The molecule has 0 saturated carbocycles. The fraction of sp³-hybridized carbons (Fsp3) is 0.385. The van der Waals surface area contributed by atoms with Crippen LogP contribution in [0.4, 0.5) is 4.39 Å². The Morgan fingerprint density at radius 2 is 2.11 bits per heavy atom. The van der Waals surface area contributed by atoms with Gasteiger partial charge in [0.25, 0.3) is 5.91 Å². The first-order valence-electron chi connectivity index (χ1n) is 5.87. The van der Waals surface area contributed by atoms with Gasteiger partial charge in [-0.2, -0.15) is 0 Å². The van der Waals surface area contributed by atoms with E-state index in [1.807, 2.05) is 6.92 Å². The van der Waals surface area contributed by atoms with E-state index in [2.05, 4.69) is 5.16 Å². The molecular formula is C13H15FN2O2. The molecule has 4 nitrogen and oxygen atoms in total. The Morgan fingerprint density at radius 3 is 2.67 bits per heavy atom. The molecule has 1 unspecified atom stereocenters. The Kier molecular flexibility index (Phi) is 3.60. The molecule has 5 heteroatoms. The molecule has 1 N–H and O–H groups in total. The number of hydrogen-bond donors (Lipinski definition) is 1. The van der Waals surface area contributed by atoms with Crippen molar-refractivity contribution in [1.82, 2.24) is 4.90 Å². The van der Waals surface area contributed by atoms with Crippen molar-refractivity contribution in [3.8, 4) is 0 Å². The number of carbonyl (C=O) groups excluding carboxylic acids is 1. The van der Waals surface area contributed by atoms with Crippen LogP contribution < -0.4 is 0 Å². The molecule has 2 rings (SSSR count). The monoisotopic (exact) mass is 250 g/mol. The second-order valence-corrected chi connectivity index (χ2v) is 4.50. The maximum Gasteiger partial charge on any atom is 0.253 e. The molecule has 1 atom stereocenters. The third kappa shape index (κ3) is 2.50. The van der Waals surface area contributed by atoms with Gasteiger partial charge < -0.3 is 10.1 Å². The molecule has 0 bridgehead atoms. The van der Waals surface area contributed by atoms with Gasteiger partial charge in [0.15, 0.2) is 0 Å². The Balaban J connectivity index is 2.09. The molecule has 1 aromatic carbocycles. The van der Waals surface area contributed by atoms with Crippen LogP contribution in [0.5, 0.6) is 0 Å². The highest BCUT2D eigenvalue weighted by molar-refractivity contribution is 5.96. The molecule has 0 aliphatic carbocycles. The standard InChI is InChI=1S/C13H15FN2O2/c1-9-8-16(7-6-12(9)15-18)13(17)10-2-4-11(14)5-3-10/h2-5,9,18H,6-8H2,1H3/b15-12+. The van der Waals surface area contributed by atoms with Crippen LogP contribution >= 0.6 is 0 Å². The van der Waals surface area contributed by atoms with E-state index in [4.69, 9.17) is 5.21 Å². The summed E-state index contributed by atoms with van der Waals surface area (Å²) in [6, 6.07) is 5.53. The van der Waals surface area contributed by atoms with Crippen LogP contribution in [0.2, 0.25) is 0 Å². The third-order valence-corrected chi connectivity index (χ3v) is 3.21. The number of rotatable bonds is 1. The molecule has 1 aliphatic rings. The molecule has 1 amide bonds. The highest BCUT2D eigenvalue weighted by Gasteiger charge is 2.26. The lowest BCUT2D eigenvalue weighted by Gasteiger charge is -2.31. The lowest BCUT2D eigenvalue weighted by molar-refractivity contribution is 0.0734. The van der Waals surface area contributed by atoms with Gasteiger partial charge in [0.2, 0.25) is 0 Å². The van der Waals surface area contributed by atoms with Crippen LogP contribution in [0.25, 0.3) is 0 Å². The summed E-state index contributed by atoms with van der Waals surface area (Å²) in [4.78, 5) is 13.9. The van der Waals surface area contributed by atoms with Crippen molar-refractivity contribution in [2.24, 2.45) is 11.1 Å². The van der Waals surface area contributed by atoms with Crippen LogP contribution in [0.1, 0.15) is 23.7 Å². The third-order valence-electron chi connectivity index (χ3n) is 3.21. The van der Waals surface area contributed by atoms with Crippen LogP contribution in [-0.2, 0) is 0 Å². The van der Waals surface area contributed by atoms with Crippen LogP contribution in [0.15, 0.2) is 29.4 Å². The van der Waals surface area contributed by atoms with Crippen molar-refractivity contribution in [3.63, 3.8) is 0 Å². The van der Waals surface area contributed by atoms with Gasteiger partial charge in [-0.05, 0) is 24.3 Å². The molecule has 0 radical (unpaired) electrons. The van der Waals surface area contributed by atoms with E-state index < -0.39 is 0 Å². The smallest absolute Gasteiger partial charge is 0.253 e. The normalized spacial score (nSPS) is 22.2. The van der Waals surface area contributed by atoms with Gasteiger partial charge in [0.05, 0.1) is 5.71 Å². The van der Waals surface area contributed by atoms with Gasteiger partial charge in [-0.3, -0.25) is 4.79 Å². The Bertz CT molecular complexity index is 470. The van der Waals surface area contributed by atoms with E-state index in [1.54, 1.807) is 4.90 Å². The van der Waals surface area contributed by atoms with Crippen LogP contribution in [0.3, 0.4) is 0 Å². The lowest BCUT2D eigenvalue weighted by atomic mass is 9.97. The first-order chi connectivity index (χ1) is 8.61. The zero-order valence-corrected chi connectivity index (χ0v) is 10.1. The van der Waals surface area contributed by atoms with E-state index in [0.717, 1.165) is 5.71 Å². The summed E-state index contributed by atoms with van der Waals surface area (Å²) < 4.78 is 12.8. The van der Waals surface area contributed by atoms with E-state index in [9.17, 15) is 9.18 Å². The number of nitrogens with zero attached hydrogens (tertiary/aromatic N) is 2. The van der Waals surface area contributed by atoms with Gasteiger partial charge in [0.1, 0.15) is 5.82 Å². The van der Waals surface area contributed by atoms with Gasteiger partial charge in [-0.15, -0.1) is 0 Å². The average molecular weight is 250 g/mol. The average Bonchev–Trinajstić information content (AvgIpc) is 2.38. The van der Waals surface area contributed by atoms with Crippen LogP contribution in [-0.4, -0.2) is 34.8 Å². The van der Waals surface area contributed by atoms with Crippen molar-refractivity contribution in [2.75, 3.05) is 13.1 Å². The summed E-state index contributed by atoms with van der Waals surface area (Å²) in [5, 5.41) is 12.0. The van der Waals surface area contributed by atoms with Crippen molar-refractivity contribution < 1.29 is 14.4 Å². The van der Waals surface area contributed by atoms with Crippen molar-refractivity contribution in [2.45, 2.75) is 13.3 Å². The second kappa shape index (κ2) is 5.16. The minimum absolute atomic E-state index is 0.0492. The predicted molar refractivity (Wildman–Crippen MR) is 65.3 cm³/mol. The first-order valence-corrected chi connectivity index (χ1v) is 5.87. The van der Waals surface area contributed by atoms with Crippen LogP contribution in [0, 0.1) is 11.7 Å². The number of likely N-dealkylation sites (tertiary alicyclic amines) is 1. The highest BCUT2D eigenvalue weighted by Crippen LogP contribution is 2.16. The number of amides is 1. The molecule has 1 aromatic rings. The molecular weight excluding hydrogens is 235 g/mol. The van der Waals surface area contributed by atoms with Gasteiger partial charge in [-0.1, -0.05) is 12.1 Å². The number of benzene rings is 1. The fourth-order valence-corrected chi connectivity index (χ4v) is 2.13. The molecule has 1 fully saturated rings. The summed E-state index contributed by atoms with van der Waals surface area (Å²) in [5.41, 5.74) is 1.20. The first kappa shape index (κ1) is 12.5. The van der Waals surface area contributed by atoms with E-state index in [-0.39, 0.29) is 17.6 Å². The predicted octanol–water partition coefficient (Wildman–Crippen LogP) is 2.14. The fourth-order valence-electron chi connectivity index (χ4n) is 2.13. The quantitative estimate of drug-likeness (QED) is 0.613. The Hall–Kier alpha value is -1.91. The molecule has 18 heavy (non-hydrogen) atoms. The highest BCUT2D eigenvalue weighted by atomic mass is 19.1. The number of halogens is 1. The summed E-state index contributed by atoms with van der Waals surface area (Å²) >= 11 is 0. The number of carbonyl (C=O) groups is 1. The zero-order valence-electron chi connectivity index (χ0n) is 10.1. The molecule has 0 aromatic heterocycles. The van der Waals surface area contributed by atoms with Crippen molar-refractivity contribution in [1.29, 1.82) is 0 Å². The SMILES string of the molecule is CC1CN(C(=O)c2ccc(F)cc2)CC/C1=N\O. The summed E-state index contributed by atoms with van der Waals surface area (Å²) in [7, 11) is 0. The van der Waals surface area contributed by atoms with Gasteiger partial charge in [-0.25, -0.2) is 4.39 Å². The number of oxime groups is 1. The molecule has 96 valence electrons. The van der Waals surface area contributed by atoms with E-state index in [1.165, 1.54) is 24.3 Å². The topological polar surface area (TPSA) is 52.9 Å². The summed E-state index contributed by atoms with van der Waals surface area (Å²) in [6.45, 7) is 2.97. The minimum Gasteiger partial charge on any atom is -0.411 e. The lowest BCUT2D eigenvalue weighted by Crippen LogP contribution is -2.43. The Labute approximate surface area is 105 Å². The number of piperidine rings is 1. The van der Waals surface area contributed by atoms with Gasteiger partial charge >= 0.3 is 0 Å². The molecule has 1 heterocycles. The molecule has 1 saturated heterocycles. The second-order valence-electron chi connectivity index (χ2n) is 4.50. The minimum atomic E-state index is -0.353. The zero-order chi connectivity index (χ0) is 13.1. The maximum atomic E-state index is 12.8. The van der Waals surface area contributed by atoms with E-state index >= 15 is 0 Å². The summed E-state index contributed by atoms with van der Waals surface area (Å²) in [5.74, 6) is -0.416. The molecule has 0 spiro atoms. The number of hydrogen-bond acceptors (Lipinski definition) is 3. The van der Waals surface area contributed by atoms with Gasteiger partial charge in [0, 0.05) is 31.0 Å². The van der Waals surface area contributed by atoms with Crippen molar-refractivity contribution >= 4 is 11.6 Å². The molecule has 1 aliphatic heterocycles.